The van der Waals surface area contributed by atoms with Gasteiger partial charge in [0.15, 0.2) is 0 Å². The normalized spacial score (nSPS) is 28.5. The van der Waals surface area contributed by atoms with Crippen LogP contribution in [-0.2, 0) is 4.79 Å². The maximum atomic E-state index is 13.1. The van der Waals surface area contributed by atoms with E-state index in [-0.39, 0.29) is 17.4 Å². The fourth-order valence-electron chi connectivity index (χ4n) is 4.60. The summed E-state index contributed by atoms with van der Waals surface area (Å²) in [4.78, 5) is 29.0. The first-order valence-electron chi connectivity index (χ1n) is 9.82. The van der Waals surface area contributed by atoms with E-state index in [1.54, 1.807) is 12.1 Å². The molecule has 2 saturated carbocycles. The molecule has 0 bridgehead atoms. The van der Waals surface area contributed by atoms with Gasteiger partial charge in [0.25, 0.3) is 0 Å². The Labute approximate surface area is 155 Å². The molecule has 2 aliphatic carbocycles. The molecule has 3 fully saturated rings. The number of carbonyl (C=O) groups is 2. The van der Waals surface area contributed by atoms with Crippen LogP contribution in [0.5, 0.6) is 0 Å². The average molecular weight is 355 g/mol. The maximum absolute atomic E-state index is 13.1. The zero-order valence-electron chi connectivity index (χ0n) is 15.8. The highest BCUT2D eigenvalue weighted by molar-refractivity contribution is 5.92. The van der Waals surface area contributed by atoms with Crippen molar-refractivity contribution in [2.75, 3.05) is 19.6 Å². The fourth-order valence-corrected chi connectivity index (χ4v) is 4.60. The zero-order chi connectivity index (χ0) is 18.5. The van der Waals surface area contributed by atoms with E-state index in [1.807, 2.05) is 12.1 Å². The van der Waals surface area contributed by atoms with Crippen molar-refractivity contribution in [1.82, 2.24) is 9.80 Å². The van der Waals surface area contributed by atoms with Gasteiger partial charge in [-0.15, -0.1) is 0 Å². The van der Waals surface area contributed by atoms with Crippen molar-refractivity contribution in [3.63, 3.8) is 0 Å². The highest BCUT2D eigenvalue weighted by Crippen LogP contribution is 2.49. The molecule has 26 heavy (non-hydrogen) atoms. The minimum Gasteiger partial charge on any atom is -0.366 e. The van der Waals surface area contributed by atoms with Gasteiger partial charge in [0, 0.05) is 42.7 Å². The molecule has 5 heteroatoms. The maximum Gasteiger partial charge on any atom is 0.248 e. The summed E-state index contributed by atoms with van der Waals surface area (Å²) in [5.74, 6) is 0.257. The van der Waals surface area contributed by atoms with E-state index >= 15 is 0 Å². The summed E-state index contributed by atoms with van der Waals surface area (Å²) in [6, 6.07) is 8.15. The van der Waals surface area contributed by atoms with Crippen molar-refractivity contribution >= 4 is 11.8 Å². The summed E-state index contributed by atoms with van der Waals surface area (Å²) < 4.78 is 0. The molecule has 2 amide bonds. The molecule has 140 valence electrons. The van der Waals surface area contributed by atoms with Gasteiger partial charge in [0.2, 0.25) is 11.8 Å². The van der Waals surface area contributed by atoms with Gasteiger partial charge in [-0.1, -0.05) is 18.6 Å². The van der Waals surface area contributed by atoms with Gasteiger partial charge < -0.3 is 10.6 Å². The van der Waals surface area contributed by atoms with E-state index in [1.165, 1.54) is 19.3 Å². The van der Waals surface area contributed by atoms with Crippen LogP contribution in [0.3, 0.4) is 0 Å². The molecule has 2 unspecified atom stereocenters. The molecule has 1 saturated heterocycles. The lowest BCUT2D eigenvalue weighted by Crippen LogP contribution is -2.63. The quantitative estimate of drug-likeness (QED) is 0.902. The molecule has 1 heterocycles. The second-order valence-electron chi connectivity index (χ2n) is 8.79. The molecule has 2 atom stereocenters. The molecular formula is C21H29N3O2. The monoisotopic (exact) mass is 355 g/mol. The SMILES string of the molecule is CC1(C)CN(C2CCC2)CCN1C(=O)C1CC1c1ccc(C(N)=O)cc1. The predicted octanol–water partition coefficient (Wildman–Crippen LogP) is 2.36. The van der Waals surface area contributed by atoms with Crippen molar-refractivity contribution in [3.05, 3.63) is 35.4 Å². The molecule has 1 aromatic rings. The van der Waals surface area contributed by atoms with Crippen LogP contribution in [0.4, 0.5) is 0 Å². The number of piperazine rings is 1. The van der Waals surface area contributed by atoms with E-state index in [0.29, 0.717) is 11.5 Å². The third-order valence-electron chi connectivity index (χ3n) is 6.52. The fraction of sp³-hybridized carbons (Fsp3) is 0.619. The molecule has 2 N–H and O–H groups in total. The zero-order valence-corrected chi connectivity index (χ0v) is 15.8. The second kappa shape index (κ2) is 6.38. The van der Waals surface area contributed by atoms with E-state index in [9.17, 15) is 9.59 Å². The topological polar surface area (TPSA) is 66.6 Å². The van der Waals surface area contributed by atoms with Gasteiger partial charge in [-0.2, -0.15) is 0 Å². The Morgan fingerprint density at radius 3 is 2.35 bits per heavy atom. The molecule has 5 nitrogen and oxygen atoms in total. The van der Waals surface area contributed by atoms with Crippen LogP contribution in [0.1, 0.15) is 61.4 Å². The van der Waals surface area contributed by atoms with Gasteiger partial charge in [-0.25, -0.2) is 0 Å². The molecular weight excluding hydrogens is 326 g/mol. The number of carbonyl (C=O) groups excluding carboxylic acids is 2. The number of hydrogen-bond acceptors (Lipinski definition) is 3. The Morgan fingerprint density at radius 2 is 1.81 bits per heavy atom. The largest absolute Gasteiger partial charge is 0.366 e. The third kappa shape index (κ3) is 3.13. The highest BCUT2D eigenvalue weighted by atomic mass is 16.2. The summed E-state index contributed by atoms with van der Waals surface area (Å²) in [5, 5.41) is 0. The van der Waals surface area contributed by atoms with Crippen molar-refractivity contribution in [3.8, 4) is 0 Å². The Balaban J connectivity index is 1.39. The van der Waals surface area contributed by atoms with Crippen molar-refractivity contribution in [2.24, 2.45) is 11.7 Å². The van der Waals surface area contributed by atoms with Gasteiger partial charge >= 0.3 is 0 Å². The molecule has 4 rings (SSSR count). The number of benzene rings is 1. The Kier molecular flexibility index (Phi) is 4.30. The minimum atomic E-state index is -0.411. The summed E-state index contributed by atoms with van der Waals surface area (Å²) in [6.45, 7) is 7.23. The molecule has 0 aromatic heterocycles. The highest BCUT2D eigenvalue weighted by Gasteiger charge is 2.49. The number of amides is 2. The first-order chi connectivity index (χ1) is 12.4. The molecule has 3 aliphatic rings. The van der Waals surface area contributed by atoms with E-state index in [4.69, 9.17) is 5.73 Å². The van der Waals surface area contributed by atoms with Gasteiger partial charge in [0.1, 0.15) is 0 Å². The lowest BCUT2D eigenvalue weighted by Gasteiger charge is -2.51. The van der Waals surface area contributed by atoms with Crippen molar-refractivity contribution < 1.29 is 9.59 Å². The molecule has 1 aromatic carbocycles. The lowest BCUT2D eigenvalue weighted by atomic mass is 9.88. The summed E-state index contributed by atoms with van der Waals surface area (Å²) in [7, 11) is 0. The van der Waals surface area contributed by atoms with Gasteiger partial charge in [0.05, 0.1) is 0 Å². The van der Waals surface area contributed by atoms with Crippen LogP contribution >= 0.6 is 0 Å². The minimum absolute atomic E-state index is 0.0870. The lowest BCUT2D eigenvalue weighted by molar-refractivity contribution is -0.143. The smallest absolute Gasteiger partial charge is 0.248 e. The Hall–Kier alpha value is -1.88. The van der Waals surface area contributed by atoms with E-state index in [2.05, 4.69) is 23.6 Å². The van der Waals surface area contributed by atoms with Gasteiger partial charge in [-0.3, -0.25) is 14.5 Å². The number of hydrogen-bond donors (Lipinski definition) is 1. The number of nitrogens with zero attached hydrogens (tertiary/aromatic N) is 2. The number of nitrogens with two attached hydrogens (primary N) is 1. The van der Waals surface area contributed by atoms with Crippen LogP contribution in [0.15, 0.2) is 24.3 Å². The first kappa shape index (κ1) is 17.5. The van der Waals surface area contributed by atoms with Crippen LogP contribution in [0, 0.1) is 5.92 Å². The van der Waals surface area contributed by atoms with Gasteiger partial charge in [-0.05, 0) is 56.7 Å². The first-order valence-corrected chi connectivity index (χ1v) is 9.82. The predicted molar refractivity (Wildman–Crippen MR) is 101 cm³/mol. The van der Waals surface area contributed by atoms with Crippen LogP contribution in [0.25, 0.3) is 0 Å². The Morgan fingerprint density at radius 1 is 1.12 bits per heavy atom. The summed E-state index contributed by atoms with van der Waals surface area (Å²) in [5.41, 5.74) is 6.86. The second-order valence-corrected chi connectivity index (χ2v) is 8.79. The Bertz CT molecular complexity index is 708. The summed E-state index contributed by atoms with van der Waals surface area (Å²) >= 11 is 0. The molecule has 0 radical (unpaired) electrons. The van der Waals surface area contributed by atoms with Crippen molar-refractivity contribution in [2.45, 2.75) is 57.0 Å². The number of primary amides is 1. The van der Waals surface area contributed by atoms with Crippen LogP contribution in [0.2, 0.25) is 0 Å². The van der Waals surface area contributed by atoms with E-state index < -0.39 is 5.91 Å². The molecule has 1 aliphatic heterocycles. The number of rotatable bonds is 4. The van der Waals surface area contributed by atoms with Crippen LogP contribution < -0.4 is 5.73 Å². The van der Waals surface area contributed by atoms with Crippen LogP contribution in [-0.4, -0.2) is 52.8 Å². The van der Waals surface area contributed by atoms with Crippen molar-refractivity contribution in [1.29, 1.82) is 0 Å². The average Bonchev–Trinajstić information content (AvgIpc) is 3.32. The summed E-state index contributed by atoms with van der Waals surface area (Å²) in [6.07, 6.45) is 4.89. The van der Waals surface area contributed by atoms with E-state index in [0.717, 1.165) is 37.7 Å². The third-order valence-corrected chi connectivity index (χ3v) is 6.52. The standard InChI is InChI=1S/C21H29N3O2/c1-21(2)13-23(16-4-3-5-16)10-11-24(21)20(26)18-12-17(18)14-6-8-15(9-7-14)19(22)25/h6-9,16-18H,3-5,10-13H2,1-2H3,(H2,22,25). The molecule has 0 spiro atoms.